The van der Waals surface area contributed by atoms with Crippen molar-refractivity contribution in [1.29, 1.82) is 0 Å². The number of hydrogen-bond donors (Lipinski definition) is 1. The second-order valence-corrected chi connectivity index (χ2v) is 7.96. The van der Waals surface area contributed by atoms with Gasteiger partial charge < -0.3 is 14.8 Å². The molecule has 0 unspecified atom stereocenters. The lowest BCUT2D eigenvalue weighted by molar-refractivity contribution is -0.116. The van der Waals surface area contributed by atoms with Gasteiger partial charge in [0.2, 0.25) is 15.9 Å². The number of carbonyl (C=O) groups is 1. The largest absolute Gasteiger partial charge is 0.495 e. The lowest BCUT2D eigenvalue weighted by atomic mass is 10.3. The lowest BCUT2D eigenvalue weighted by Gasteiger charge is -2.21. The Labute approximate surface area is 168 Å². The number of halogens is 2. The number of likely N-dealkylation sites (N-methyl/N-ethyl adjacent to an activating group) is 1. The predicted molar refractivity (Wildman–Crippen MR) is 104 cm³/mol. The predicted octanol–water partition coefficient (Wildman–Crippen LogP) is 3.15. The molecule has 0 saturated heterocycles. The monoisotopic (exact) mass is 430 g/mol. The van der Waals surface area contributed by atoms with E-state index in [1.54, 1.807) is 19.1 Å². The minimum Gasteiger partial charge on any atom is -0.495 e. The third kappa shape index (κ3) is 4.92. The zero-order valence-electron chi connectivity index (χ0n) is 15.5. The van der Waals surface area contributed by atoms with E-state index in [0.29, 0.717) is 16.5 Å². The minimum absolute atomic E-state index is 0.0118. The lowest BCUT2D eigenvalue weighted by Crippen LogP contribution is -2.38. The van der Waals surface area contributed by atoms with Crippen molar-refractivity contribution in [3.8, 4) is 11.5 Å². The molecular formula is C18H20ClFN2O5S. The van der Waals surface area contributed by atoms with Crippen molar-refractivity contribution in [3.05, 3.63) is 47.2 Å². The van der Waals surface area contributed by atoms with Crippen molar-refractivity contribution in [1.82, 2.24) is 4.31 Å². The fraction of sp³-hybridized carbons (Fsp3) is 0.278. The third-order valence-corrected chi connectivity index (χ3v) is 6.03. The van der Waals surface area contributed by atoms with Gasteiger partial charge in [0.25, 0.3) is 0 Å². The zero-order valence-corrected chi connectivity index (χ0v) is 17.1. The second-order valence-electron chi connectivity index (χ2n) is 5.62. The highest BCUT2D eigenvalue weighted by Crippen LogP contribution is 2.29. The number of nitrogens with zero attached hydrogens (tertiary/aromatic N) is 1. The van der Waals surface area contributed by atoms with E-state index in [4.69, 9.17) is 21.1 Å². The van der Waals surface area contributed by atoms with E-state index in [9.17, 15) is 17.6 Å². The molecule has 0 fully saturated rings. The average molecular weight is 431 g/mol. The summed E-state index contributed by atoms with van der Waals surface area (Å²) < 4.78 is 50.5. The summed E-state index contributed by atoms with van der Waals surface area (Å²) in [5.41, 5.74) is 0.303. The van der Waals surface area contributed by atoms with Crippen molar-refractivity contribution in [2.45, 2.75) is 11.8 Å². The van der Waals surface area contributed by atoms with E-state index < -0.39 is 28.3 Å². The molecule has 7 nitrogen and oxygen atoms in total. The van der Waals surface area contributed by atoms with Gasteiger partial charge >= 0.3 is 0 Å². The summed E-state index contributed by atoms with van der Waals surface area (Å²) >= 11 is 5.93. The topological polar surface area (TPSA) is 84.9 Å². The van der Waals surface area contributed by atoms with Crippen LogP contribution < -0.4 is 14.8 Å². The Morgan fingerprint density at radius 3 is 2.39 bits per heavy atom. The first-order valence-corrected chi connectivity index (χ1v) is 10.0. The summed E-state index contributed by atoms with van der Waals surface area (Å²) in [7, 11) is -1.47. The highest BCUT2D eigenvalue weighted by atomic mass is 35.5. The van der Waals surface area contributed by atoms with Gasteiger partial charge in [-0.05, 0) is 36.4 Å². The van der Waals surface area contributed by atoms with Crippen molar-refractivity contribution in [2.75, 3.05) is 32.6 Å². The number of ether oxygens (including phenoxy) is 2. The number of amides is 1. The van der Waals surface area contributed by atoms with Gasteiger partial charge in [0.1, 0.15) is 22.2 Å². The fourth-order valence-electron chi connectivity index (χ4n) is 2.49. The van der Waals surface area contributed by atoms with Crippen molar-refractivity contribution in [3.63, 3.8) is 0 Å². The van der Waals surface area contributed by atoms with Crippen LogP contribution in [0.25, 0.3) is 0 Å². The summed E-state index contributed by atoms with van der Waals surface area (Å²) in [5, 5.41) is 2.95. The summed E-state index contributed by atoms with van der Waals surface area (Å²) in [6.45, 7) is 1.06. The quantitative estimate of drug-likeness (QED) is 0.695. The molecule has 0 radical (unpaired) electrons. The van der Waals surface area contributed by atoms with Gasteiger partial charge in [0, 0.05) is 11.6 Å². The molecule has 0 atom stereocenters. The first-order valence-electron chi connectivity index (χ1n) is 8.20. The van der Waals surface area contributed by atoms with Gasteiger partial charge in [-0.25, -0.2) is 12.8 Å². The Morgan fingerprint density at radius 2 is 1.79 bits per heavy atom. The van der Waals surface area contributed by atoms with Crippen molar-refractivity contribution < 1.29 is 27.1 Å². The van der Waals surface area contributed by atoms with Crippen molar-refractivity contribution >= 4 is 33.2 Å². The maximum atomic E-state index is 13.6. The Kier molecular flexibility index (Phi) is 7.22. The number of methoxy groups -OCH3 is 2. The molecule has 0 heterocycles. The van der Waals surface area contributed by atoms with Crippen LogP contribution in [-0.2, 0) is 14.8 Å². The summed E-state index contributed by atoms with van der Waals surface area (Å²) in [4.78, 5) is 12.1. The molecule has 2 aromatic rings. The molecule has 0 spiro atoms. The average Bonchev–Trinajstić information content (AvgIpc) is 2.66. The first-order chi connectivity index (χ1) is 13.2. The molecule has 0 bridgehead atoms. The van der Waals surface area contributed by atoms with Crippen LogP contribution in [0.15, 0.2) is 41.3 Å². The van der Waals surface area contributed by atoms with Crippen molar-refractivity contribution in [2.24, 2.45) is 0 Å². The molecule has 28 heavy (non-hydrogen) atoms. The first kappa shape index (κ1) is 21.9. The molecule has 0 aromatic heterocycles. The van der Waals surface area contributed by atoms with Crippen LogP contribution in [0.3, 0.4) is 0 Å². The molecule has 1 N–H and O–H groups in total. The number of nitrogens with one attached hydrogen (secondary N) is 1. The molecule has 2 rings (SSSR count). The number of rotatable bonds is 8. The Balaban J connectivity index is 2.27. The third-order valence-electron chi connectivity index (χ3n) is 3.85. The zero-order chi connectivity index (χ0) is 20.9. The molecule has 0 aliphatic heterocycles. The highest BCUT2D eigenvalue weighted by molar-refractivity contribution is 7.89. The molecule has 1 amide bonds. The summed E-state index contributed by atoms with van der Waals surface area (Å²) in [6, 6.07) is 7.81. The number of carbonyl (C=O) groups excluding carboxylic acids is 1. The summed E-state index contributed by atoms with van der Waals surface area (Å²) in [5.74, 6) is -0.989. The van der Waals surface area contributed by atoms with Crippen LogP contribution in [0.1, 0.15) is 6.92 Å². The van der Waals surface area contributed by atoms with Crippen LogP contribution in [0, 0.1) is 5.82 Å². The molecule has 10 heteroatoms. The van der Waals surface area contributed by atoms with Gasteiger partial charge in [-0.1, -0.05) is 18.5 Å². The number of hydrogen-bond acceptors (Lipinski definition) is 5. The second kappa shape index (κ2) is 9.22. The maximum Gasteiger partial charge on any atom is 0.247 e. The molecule has 0 aliphatic rings. The Morgan fingerprint density at radius 1 is 1.14 bits per heavy atom. The highest BCUT2D eigenvalue weighted by Gasteiger charge is 2.29. The van der Waals surface area contributed by atoms with Gasteiger partial charge in [0.05, 0.1) is 26.5 Å². The van der Waals surface area contributed by atoms with Crippen LogP contribution in [0.5, 0.6) is 11.5 Å². The smallest absolute Gasteiger partial charge is 0.247 e. The van der Waals surface area contributed by atoms with Gasteiger partial charge in [-0.15, -0.1) is 0 Å². The Hall–Kier alpha value is -2.36. The molecule has 0 saturated carbocycles. The van der Waals surface area contributed by atoms with Crippen LogP contribution in [-0.4, -0.2) is 45.9 Å². The normalized spacial score (nSPS) is 11.4. The maximum absolute atomic E-state index is 13.6. The SMILES string of the molecule is CCN(CC(=O)Nc1cc(Cl)ccc1OC)S(=O)(=O)c1cc(F)ccc1OC. The minimum atomic E-state index is -4.18. The van der Waals surface area contributed by atoms with Gasteiger partial charge in [0.15, 0.2) is 0 Å². The molecular weight excluding hydrogens is 411 g/mol. The molecule has 2 aromatic carbocycles. The van der Waals surface area contributed by atoms with Crippen LogP contribution in [0.4, 0.5) is 10.1 Å². The van der Waals surface area contributed by atoms with E-state index in [2.05, 4.69) is 5.32 Å². The van der Waals surface area contributed by atoms with Gasteiger partial charge in [-0.3, -0.25) is 4.79 Å². The number of benzene rings is 2. The van der Waals surface area contributed by atoms with E-state index in [-0.39, 0.29) is 17.2 Å². The molecule has 152 valence electrons. The molecule has 0 aliphatic carbocycles. The van der Waals surface area contributed by atoms with Gasteiger partial charge in [-0.2, -0.15) is 4.31 Å². The summed E-state index contributed by atoms with van der Waals surface area (Å²) in [6.07, 6.45) is 0. The van der Waals surface area contributed by atoms with E-state index in [1.807, 2.05) is 0 Å². The Bertz CT molecular complexity index is 968. The fourth-order valence-corrected chi connectivity index (χ4v) is 4.23. The van der Waals surface area contributed by atoms with E-state index >= 15 is 0 Å². The van der Waals surface area contributed by atoms with E-state index in [0.717, 1.165) is 16.4 Å². The number of sulfonamides is 1. The van der Waals surface area contributed by atoms with E-state index in [1.165, 1.54) is 26.4 Å². The van der Waals surface area contributed by atoms with Crippen LogP contribution >= 0.6 is 11.6 Å². The standard InChI is InChI=1S/C18H20ClFN2O5S/c1-4-22(28(24,25)17-10-13(20)6-8-16(17)27-3)11-18(23)21-14-9-12(19)5-7-15(14)26-2/h5-10H,4,11H2,1-3H3,(H,21,23). The number of anilines is 1. The van der Waals surface area contributed by atoms with Crippen LogP contribution in [0.2, 0.25) is 5.02 Å².